The minimum absolute atomic E-state index is 0.0756. The summed E-state index contributed by atoms with van der Waals surface area (Å²) in [5, 5.41) is 0. The second-order valence-corrected chi connectivity index (χ2v) is 4.90. The molecule has 1 amide bonds. The van der Waals surface area contributed by atoms with Crippen molar-refractivity contribution in [1.82, 2.24) is 4.90 Å². The van der Waals surface area contributed by atoms with Gasteiger partial charge in [-0.2, -0.15) is 0 Å². The first kappa shape index (κ1) is 14.7. The van der Waals surface area contributed by atoms with Crippen LogP contribution in [0.3, 0.4) is 0 Å². The number of ether oxygens (including phenoxy) is 2. The molecule has 20 heavy (non-hydrogen) atoms. The van der Waals surface area contributed by atoms with Crippen molar-refractivity contribution in [2.75, 3.05) is 32.5 Å². The van der Waals surface area contributed by atoms with Crippen molar-refractivity contribution in [1.29, 1.82) is 0 Å². The number of benzene rings is 1. The van der Waals surface area contributed by atoms with Gasteiger partial charge in [0.2, 0.25) is 0 Å². The summed E-state index contributed by atoms with van der Waals surface area (Å²) < 4.78 is 10.9. The molecular weight excluding hydrogens is 256 g/mol. The van der Waals surface area contributed by atoms with Gasteiger partial charge in [0.15, 0.2) is 0 Å². The van der Waals surface area contributed by atoms with E-state index in [-0.39, 0.29) is 12.0 Å². The Kier molecular flexibility index (Phi) is 4.84. The minimum atomic E-state index is -0.0756. The summed E-state index contributed by atoms with van der Waals surface area (Å²) in [6, 6.07) is 5.31. The fourth-order valence-corrected chi connectivity index (χ4v) is 2.53. The van der Waals surface area contributed by atoms with Gasteiger partial charge in [0.1, 0.15) is 11.3 Å². The monoisotopic (exact) mass is 278 g/mol. The highest BCUT2D eigenvalue weighted by atomic mass is 16.5. The molecule has 1 aromatic rings. The van der Waals surface area contributed by atoms with E-state index < -0.39 is 0 Å². The van der Waals surface area contributed by atoms with Gasteiger partial charge in [-0.3, -0.25) is 4.79 Å². The molecule has 5 heteroatoms. The molecule has 1 unspecified atom stereocenters. The van der Waals surface area contributed by atoms with Crippen LogP contribution in [-0.4, -0.2) is 43.7 Å². The fourth-order valence-electron chi connectivity index (χ4n) is 2.53. The average molecular weight is 278 g/mol. The summed E-state index contributed by atoms with van der Waals surface area (Å²) in [6.45, 7) is 3.73. The van der Waals surface area contributed by atoms with Crippen LogP contribution in [-0.2, 0) is 4.74 Å². The first-order valence-electron chi connectivity index (χ1n) is 7.00. The zero-order chi connectivity index (χ0) is 14.5. The highest BCUT2D eigenvalue weighted by molar-refractivity contribution is 6.02. The van der Waals surface area contributed by atoms with Crippen LogP contribution < -0.4 is 10.5 Å². The number of nitrogen functional groups attached to an aromatic ring is 1. The molecule has 0 radical (unpaired) electrons. The Morgan fingerprint density at radius 2 is 2.30 bits per heavy atom. The van der Waals surface area contributed by atoms with E-state index >= 15 is 0 Å². The fraction of sp³-hybridized carbons (Fsp3) is 0.533. The molecule has 110 valence electrons. The van der Waals surface area contributed by atoms with Crippen LogP contribution in [0.25, 0.3) is 0 Å². The predicted molar refractivity (Wildman–Crippen MR) is 78.0 cm³/mol. The molecule has 1 fully saturated rings. The van der Waals surface area contributed by atoms with E-state index in [1.54, 1.807) is 30.2 Å². The number of piperidine rings is 1. The van der Waals surface area contributed by atoms with Crippen LogP contribution in [0.1, 0.15) is 30.1 Å². The molecule has 1 saturated heterocycles. The van der Waals surface area contributed by atoms with Gasteiger partial charge in [-0.25, -0.2) is 0 Å². The summed E-state index contributed by atoms with van der Waals surface area (Å²) in [7, 11) is 1.68. The standard InChI is InChI=1S/C15H22N2O3/c1-3-20-13-8-4-7-12(16)14(13)15(18)17-9-5-6-11(10-17)19-2/h4,7-8,11H,3,5-6,9-10,16H2,1-2H3. The topological polar surface area (TPSA) is 64.8 Å². The van der Waals surface area contributed by atoms with E-state index in [0.717, 1.165) is 19.4 Å². The molecule has 0 spiro atoms. The lowest BCUT2D eigenvalue weighted by Crippen LogP contribution is -2.43. The SMILES string of the molecule is CCOc1cccc(N)c1C(=O)N1CCCC(OC)C1. The smallest absolute Gasteiger partial charge is 0.259 e. The van der Waals surface area contributed by atoms with Crippen LogP contribution in [0.4, 0.5) is 5.69 Å². The van der Waals surface area contributed by atoms with E-state index in [0.29, 0.717) is 30.2 Å². The molecule has 2 N–H and O–H groups in total. The number of hydrogen-bond donors (Lipinski definition) is 1. The second kappa shape index (κ2) is 6.61. The number of nitrogens with zero attached hydrogens (tertiary/aromatic N) is 1. The van der Waals surface area contributed by atoms with Gasteiger partial charge in [-0.15, -0.1) is 0 Å². The molecule has 0 saturated carbocycles. The summed E-state index contributed by atoms with van der Waals surface area (Å²) in [5.74, 6) is 0.477. The number of nitrogens with two attached hydrogens (primary N) is 1. The third kappa shape index (κ3) is 3.04. The highest BCUT2D eigenvalue weighted by Crippen LogP contribution is 2.27. The summed E-state index contributed by atoms with van der Waals surface area (Å²) >= 11 is 0. The first-order chi connectivity index (χ1) is 9.67. The van der Waals surface area contributed by atoms with E-state index in [1.807, 2.05) is 6.92 Å². The molecule has 0 aliphatic carbocycles. The van der Waals surface area contributed by atoms with E-state index in [4.69, 9.17) is 15.2 Å². The number of anilines is 1. The van der Waals surface area contributed by atoms with Crippen LogP contribution in [0.2, 0.25) is 0 Å². The zero-order valence-electron chi connectivity index (χ0n) is 12.1. The van der Waals surface area contributed by atoms with Gasteiger partial charge >= 0.3 is 0 Å². The maximum atomic E-state index is 12.7. The van der Waals surface area contributed by atoms with Crippen LogP contribution in [0.15, 0.2) is 18.2 Å². The maximum absolute atomic E-state index is 12.7. The molecule has 0 bridgehead atoms. The van der Waals surface area contributed by atoms with Crippen molar-refractivity contribution < 1.29 is 14.3 Å². The van der Waals surface area contributed by atoms with Gasteiger partial charge in [0, 0.05) is 25.9 Å². The van der Waals surface area contributed by atoms with Gasteiger partial charge < -0.3 is 20.1 Å². The number of hydrogen-bond acceptors (Lipinski definition) is 4. The van der Waals surface area contributed by atoms with Crippen LogP contribution in [0, 0.1) is 0 Å². The first-order valence-corrected chi connectivity index (χ1v) is 7.00. The molecule has 1 aliphatic rings. The third-order valence-corrected chi connectivity index (χ3v) is 3.57. The number of carbonyl (C=O) groups excluding carboxylic acids is 1. The molecule has 2 rings (SSSR count). The number of amides is 1. The van der Waals surface area contributed by atoms with E-state index in [2.05, 4.69) is 0 Å². The van der Waals surface area contributed by atoms with Crippen LogP contribution in [0.5, 0.6) is 5.75 Å². The minimum Gasteiger partial charge on any atom is -0.493 e. The Hall–Kier alpha value is -1.75. The van der Waals surface area contributed by atoms with Gasteiger partial charge in [-0.1, -0.05) is 6.07 Å². The predicted octanol–water partition coefficient (Wildman–Crippen LogP) is 1.92. The third-order valence-electron chi connectivity index (χ3n) is 3.57. The lowest BCUT2D eigenvalue weighted by Gasteiger charge is -2.32. The molecule has 1 aromatic carbocycles. The van der Waals surface area contributed by atoms with Gasteiger partial charge in [-0.05, 0) is 31.9 Å². The Labute approximate surface area is 119 Å². The average Bonchev–Trinajstić information content (AvgIpc) is 2.47. The van der Waals surface area contributed by atoms with Crippen molar-refractivity contribution in [3.05, 3.63) is 23.8 Å². The number of carbonyl (C=O) groups is 1. The number of methoxy groups -OCH3 is 1. The maximum Gasteiger partial charge on any atom is 0.259 e. The Balaban J connectivity index is 2.24. The van der Waals surface area contributed by atoms with Crippen molar-refractivity contribution in [3.8, 4) is 5.75 Å². The second-order valence-electron chi connectivity index (χ2n) is 4.90. The Morgan fingerprint density at radius 1 is 1.50 bits per heavy atom. The molecule has 5 nitrogen and oxygen atoms in total. The molecule has 0 aromatic heterocycles. The van der Waals surface area contributed by atoms with E-state index in [1.165, 1.54) is 0 Å². The zero-order valence-corrected chi connectivity index (χ0v) is 12.1. The molecule has 1 heterocycles. The largest absolute Gasteiger partial charge is 0.493 e. The van der Waals surface area contributed by atoms with Crippen molar-refractivity contribution in [2.45, 2.75) is 25.9 Å². The Morgan fingerprint density at radius 3 is 3.00 bits per heavy atom. The number of rotatable bonds is 4. The van der Waals surface area contributed by atoms with E-state index in [9.17, 15) is 4.79 Å². The summed E-state index contributed by atoms with van der Waals surface area (Å²) in [5.41, 5.74) is 6.89. The summed E-state index contributed by atoms with van der Waals surface area (Å²) in [6.07, 6.45) is 2.04. The van der Waals surface area contributed by atoms with Crippen molar-refractivity contribution in [2.24, 2.45) is 0 Å². The highest BCUT2D eigenvalue weighted by Gasteiger charge is 2.27. The van der Waals surface area contributed by atoms with Crippen molar-refractivity contribution >= 4 is 11.6 Å². The number of likely N-dealkylation sites (tertiary alicyclic amines) is 1. The lowest BCUT2D eigenvalue weighted by atomic mass is 10.1. The van der Waals surface area contributed by atoms with Gasteiger partial charge in [0.05, 0.1) is 12.7 Å². The summed E-state index contributed by atoms with van der Waals surface area (Å²) in [4.78, 5) is 14.5. The normalized spacial score (nSPS) is 18.9. The van der Waals surface area contributed by atoms with Gasteiger partial charge in [0.25, 0.3) is 5.91 Å². The lowest BCUT2D eigenvalue weighted by molar-refractivity contribution is 0.0267. The molecular formula is C15H22N2O3. The molecule has 1 atom stereocenters. The quantitative estimate of drug-likeness (QED) is 0.855. The van der Waals surface area contributed by atoms with Crippen LogP contribution >= 0.6 is 0 Å². The van der Waals surface area contributed by atoms with Crippen molar-refractivity contribution in [3.63, 3.8) is 0 Å². The molecule has 1 aliphatic heterocycles. The Bertz CT molecular complexity index is 476.